The summed E-state index contributed by atoms with van der Waals surface area (Å²) >= 11 is 1.75. The lowest BCUT2D eigenvalue weighted by Crippen LogP contribution is -2.27. The predicted octanol–water partition coefficient (Wildman–Crippen LogP) is 3.62. The second-order valence-corrected chi connectivity index (χ2v) is 8.00. The van der Waals surface area contributed by atoms with Gasteiger partial charge in [0.05, 0.1) is 17.7 Å². The standard InChI is InChI=1S/C16H22N2OS/c1-10-5-13-14(6-16(3,4)7-15(13)19)18(10)9-12-8-17-11(2)20-12/h5,8,15,19H,6-7,9H2,1-4H3. The van der Waals surface area contributed by atoms with Crippen LogP contribution >= 0.6 is 11.3 Å². The Morgan fingerprint density at radius 1 is 1.45 bits per heavy atom. The number of aromatic nitrogens is 2. The summed E-state index contributed by atoms with van der Waals surface area (Å²) in [6.45, 7) is 9.52. The lowest BCUT2D eigenvalue weighted by atomic mass is 9.75. The summed E-state index contributed by atoms with van der Waals surface area (Å²) in [4.78, 5) is 5.62. The summed E-state index contributed by atoms with van der Waals surface area (Å²) in [5.41, 5.74) is 3.83. The first kappa shape index (κ1) is 13.8. The average Bonchev–Trinajstić information content (AvgIpc) is 2.86. The Morgan fingerprint density at radius 3 is 2.85 bits per heavy atom. The van der Waals surface area contributed by atoms with Crippen LogP contribution in [0, 0.1) is 19.3 Å². The van der Waals surface area contributed by atoms with E-state index in [9.17, 15) is 5.11 Å². The van der Waals surface area contributed by atoms with Crippen molar-refractivity contribution in [3.63, 3.8) is 0 Å². The van der Waals surface area contributed by atoms with Gasteiger partial charge in [-0.2, -0.15) is 0 Å². The molecule has 108 valence electrons. The van der Waals surface area contributed by atoms with Crippen molar-refractivity contribution in [1.29, 1.82) is 0 Å². The summed E-state index contributed by atoms with van der Waals surface area (Å²) in [7, 11) is 0. The normalized spacial score (nSPS) is 20.9. The molecule has 0 aliphatic heterocycles. The molecule has 0 aromatic carbocycles. The Kier molecular flexibility index (Phi) is 3.26. The predicted molar refractivity (Wildman–Crippen MR) is 82.2 cm³/mol. The summed E-state index contributed by atoms with van der Waals surface area (Å²) < 4.78 is 2.35. The van der Waals surface area contributed by atoms with Crippen LogP contribution in [0.1, 0.15) is 53.2 Å². The van der Waals surface area contributed by atoms with E-state index in [4.69, 9.17) is 0 Å². The number of rotatable bonds is 2. The molecule has 1 atom stereocenters. The molecule has 2 aromatic heterocycles. The fourth-order valence-corrected chi connectivity index (χ4v) is 4.04. The maximum absolute atomic E-state index is 10.4. The number of aryl methyl sites for hydroxylation is 2. The van der Waals surface area contributed by atoms with Crippen molar-refractivity contribution >= 4 is 11.3 Å². The molecular weight excluding hydrogens is 268 g/mol. The smallest absolute Gasteiger partial charge is 0.0897 e. The van der Waals surface area contributed by atoms with Gasteiger partial charge >= 0.3 is 0 Å². The number of aliphatic hydroxyl groups is 1. The van der Waals surface area contributed by atoms with Gasteiger partial charge in [0.15, 0.2) is 0 Å². The minimum absolute atomic E-state index is 0.165. The van der Waals surface area contributed by atoms with Crippen LogP contribution in [0.3, 0.4) is 0 Å². The third-order valence-electron chi connectivity index (χ3n) is 4.18. The molecular formula is C16H22N2OS. The zero-order valence-corrected chi connectivity index (χ0v) is 13.4. The monoisotopic (exact) mass is 290 g/mol. The van der Waals surface area contributed by atoms with Crippen LogP contribution in [0.25, 0.3) is 0 Å². The number of hydrogen-bond acceptors (Lipinski definition) is 3. The van der Waals surface area contributed by atoms with Crippen LogP contribution < -0.4 is 0 Å². The second-order valence-electron chi connectivity index (χ2n) is 6.68. The van der Waals surface area contributed by atoms with Crippen molar-refractivity contribution < 1.29 is 5.11 Å². The van der Waals surface area contributed by atoms with Crippen LogP contribution in [-0.2, 0) is 13.0 Å². The van der Waals surface area contributed by atoms with Crippen molar-refractivity contribution in [3.05, 3.63) is 39.1 Å². The topological polar surface area (TPSA) is 38.0 Å². The highest BCUT2D eigenvalue weighted by atomic mass is 32.1. The van der Waals surface area contributed by atoms with E-state index in [2.05, 4.69) is 36.4 Å². The molecule has 0 amide bonds. The number of thiazole rings is 1. The summed E-state index contributed by atoms with van der Waals surface area (Å²) in [6, 6.07) is 2.16. The summed E-state index contributed by atoms with van der Waals surface area (Å²) in [5.74, 6) is 0. The first-order valence-corrected chi connectivity index (χ1v) is 7.96. The Balaban J connectivity index is 2.00. The molecule has 2 aromatic rings. The maximum atomic E-state index is 10.4. The zero-order chi connectivity index (χ0) is 14.5. The van der Waals surface area contributed by atoms with Crippen molar-refractivity contribution in [1.82, 2.24) is 9.55 Å². The van der Waals surface area contributed by atoms with Gasteiger partial charge < -0.3 is 9.67 Å². The molecule has 1 N–H and O–H groups in total. The molecule has 3 rings (SSSR count). The Hall–Kier alpha value is -1.13. The Labute approximate surface area is 124 Å². The van der Waals surface area contributed by atoms with Gasteiger partial charge in [-0.25, -0.2) is 4.98 Å². The highest BCUT2D eigenvalue weighted by molar-refractivity contribution is 7.11. The third kappa shape index (κ3) is 2.42. The molecule has 0 radical (unpaired) electrons. The van der Waals surface area contributed by atoms with Gasteiger partial charge in [-0.3, -0.25) is 0 Å². The number of aliphatic hydroxyl groups excluding tert-OH is 1. The fraction of sp³-hybridized carbons (Fsp3) is 0.562. The molecule has 0 fully saturated rings. The fourth-order valence-electron chi connectivity index (χ4n) is 3.25. The van der Waals surface area contributed by atoms with E-state index in [1.807, 2.05) is 13.1 Å². The van der Waals surface area contributed by atoms with Crippen molar-refractivity contribution in [2.45, 2.75) is 53.2 Å². The van der Waals surface area contributed by atoms with Gasteiger partial charge in [-0.1, -0.05) is 13.8 Å². The van der Waals surface area contributed by atoms with E-state index < -0.39 is 0 Å². The van der Waals surface area contributed by atoms with Gasteiger partial charge in [0.2, 0.25) is 0 Å². The molecule has 20 heavy (non-hydrogen) atoms. The molecule has 1 unspecified atom stereocenters. The van der Waals surface area contributed by atoms with Gasteiger partial charge in [-0.15, -0.1) is 11.3 Å². The van der Waals surface area contributed by atoms with Crippen LogP contribution in [-0.4, -0.2) is 14.7 Å². The molecule has 1 aliphatic rings. The van der Waals surface area contributed by atoms with Crippen molar-refractivity contribution in [2.24, 2.45) is 5.41 Å². The minimum atomic E-state index is -0.322. The van der Waals surface area contributed by atoms with Crippen molar-refractivity contribution in [3.8, 4) is 0 Å². The molecule has 0 saturated carbocycles. The molecule has 0 bridgehead atoms. The number of nitrogens with zero attached hydrogens (tertiary/aromatic N) is 2. The Bertz CT molecular complexity index is 639. The van der Waals surface area contributed by atoms with Crippen LogP contribution in [0.2, 0.25) is 0 Å². The van der Waals surface area contributed by atoms with Crippen LogP contribution in [0.15, 0.2) is 12.3 Å². The number of hydrogen-bond donors (Lipinski definition) is 1. The van der Waals surface area contributed by atoms with E-state index in [0.29, 0.717) is 0 Å². The SMILES string of the molecule is Cc1ncc(Cn2c(C)cc3c2CC(C)(C)CC3O)s1. The van der Waals surface area contributed by atoms with E-state index in [-0.39, 0.29) is 11.5 Å². The molecule has 4 heteroatoms. The molecule has 3 nitrogen and oxygen atoms in total. The highest BCUT2D eigenvalue weighted by Crippen LogP contribution is 2.42. The van der Waals surface area contributed by atoms with E-state index in [1.165, 1.54) is 16.3 Å². The minimum Gasteiger partial charge on any atom is -0.388 e. The number of fused-ring (bicyclic) bond motifs is 1. The molecule has 0 spiro atoms. The first-order valence-electron chi connectivity index (χ1n) is 7.14. The van der Waals surface area contributed by atoms with Gasteiger partial charge in [-0.05, 0) is 38.2 Å². The second kappa shape index (κ2) is 4.71. The van der Waals surface area contributed by atoms with Crippen LogP contribution in [0.4, 0.5) is 0 Å². The third-order valence-corrected chi connectivity index (χ3v) is 5.08. The van der Waals surface area contributed by atoms with Crippen molar-refractivity contribution in [2.75, 3.05) is 0 Å². The van der Waals surface area contributed by atoms with Gasteiger partial charge in [0, 0.05) is 28.0 Å². The lowest BCUT2D eigenvalue weighted by molar-refractivity contribution is 0.0981. The van der Waals surface area contributed by atoms with Crippen LogP contribution in [0.5, 0.6) is 0 Å². The molecule has 0 saturated heterocycles. The summed E-state index contributed by atoms with van der Waals surface area (Å²) in [5, 5.41) is 11.5. The Morgan fingerprint density at radius 2 is 2.20 bits per heavy atom. The van der Waals surface area contributed by atoms with Gasteiger partial charge in [0.25, 0.3) is 0 Å². The molecule has 1 aliphatic carbocycles. The zero-order valence-electron chi connectivity index (χ0n) is 12.6. The van der Waals surface area contributed by atoms with E-state index >= 15 is 0 Å². The highest BCUT2D eigenvalue weighted by Gasteiger charge is 2.34. The average molecular weight is 290 g/mol. The molecule has 2 heterocycles. The van der Waals surface area contributed by atoms with E-state index in [0.717, 1.165) is 30.0 Å². The summed E-state index contributed by atoms with van der Waals surface area (Å²) in [6.07, 6.45) is 3.53. The largest absolute Gasteiger partial charge is 0.388 e. The quantitative estimate of drug-likeness (QED) is 0.917. The van der Waals surface area contributed by atoms with E-state index in [1.54, 1.807) is 11.3 Å². The first-order chi connectivity index (χ1) is 9.35. The lowest BCUT2D eigenvalue weighted by Gasteiger charge is -2.34. The maximum Gasteiger partial charge on any atom is 0.0897 e. The van der Waals surface area contributed by atoms with Gasteiger partial charge in [0.1, 0.15) is 0 Å².